The number of hydrogen-bond acceptors (Lipinski definition) is 2. The van der Waals surface area contributed by atoms with Crippen molar-refractivity contribution in [1.82, 2.24) is 9.55 Å². The zero-order chi connectivity index (χ0) is 9.80. The molecule has 78 valence electrons. The van der Waals surface area contributed by atoms with E-state index in [1.807, 2.05) is 6.33 Å². The number of nitrogens with zero attached hydrogens (tertiary/aromatic N) is 2. The van der Waals surface area contributed by atoms with Crippen molar-refractivity contribution in [1.29, 1.82) is 0 Å². The van der Waals surface area contributed by atoms with Crippen molar-refractivity contribution in [3.63, 3.8) is 0 Å². The summed E-state index contributed by atoms with van der Waals surface area (Å²) in [7, 11) is 0. The monoisotopic (exact) mass is 274 g/mol. The highest BCUT2D eigenvalue weighted by molar-refractivity contribution is 9.08. The van der Waals surface area contributed by atoms with Gasteiger partial charge in [0.15, 0.2) is 0 Å². The van der Waals surface area contributed by atoms with E-state index in [1.54, 1.807) is 0 Å². The van der Waals surface area contributed by atoms with Gasteiger partial charge in [-0.1, -0.05) is 15.9 Å². The highest BCUT2D eigenvalue weighted by Crippen LogP contribution is 2.24. The minimum Gasteiger partial charge on any atom is -0.337 e. The summed E-state index contributed by atoms with van der Waals surface area (Å²) in [5, 5.41) is 0.862. The number of alkyl halides is 1. The molecule has 1 aromatic heterocycles. The Balaban J connectivity index is 1.89. The van der Waals surface area contributed by atoms with Gasteiger partial charge in [0.05, 0.1) is 12.0 Å². The molecule has 0 radical (unpaired) electrons. The van der Waals surface area contributed by atoms with E-state index in [-0.39, 0.29) is 0 Å². The Kier molecular flexibility index (Phi) is 3.93. The predicted octanol–water partition coefficient (Wildman–Crippen LogP) is 2.92. The maximum absolute atomic E-state index is 4.31. The van der Waals surface area contributed by atoms with Crippen LogP contribution in [0.4, 0.5) is 0 Å². The molecule has 0 atom stereocenters. The molecule has 1 fully saturated rings. The Hall–Kier alpha value is 0.0400. The largest absolute Gasteiger partial charge is 0.337 e. The summed E-state index contributed by atoms with van der Waals surface area (Å²) in [6.07, 6.45) is 6.84. The van der Waals surface area contributed by atoms with Gasteiger partial charge in [0.2, 0.25) is 0 Å². The van der Waals surface area contributed by atoms with Crippen LogP contribution in [0.3, 0.4) is 0 Å². The maximum atomic E-state index is 4.31. The van der Waals surface area contributed by atoms with Gasteiger partial charge in [-0.15, -0.1) is 0 Å². The van der Waals surface area contributed by atoms with Crippen LogP contribution in [0.15, 0.2) is 12.5 Å². The van der Waals surface area contributed by atoms with E-state index in [1.165, 1.54) is 24.3 Å². The highest BCUT2D eigenvalue weighted by atomic mass is 79.9. The van der Waals surface area contributed by atoms with Crippen molar-refractivity contribution in [2.75, 3.05) is 11.5 Å². The predicted molar refractivity (Wildman–Crippen MR) is 64.9 cm³/mol. The topological polar surface area (TPSA) is 17.8 Å². The van der Waals surface area contributed by atoms with Crippen LogP contribution in [0.25, 0.3) is 0 Å². The minimum absolute atomic E-state index is 0.862. The molecule has 0 amide bonds. The van der Waals surface area contributed by atoms with Crippen molar-refractivity contribution in [3.8, 4) is 0 Å². The Morgan fingerprint density at radius 1 is 1.50 bits per heavy atom. The summed E-state index contributed by atoms with van der Waals surface area (Å²) < 4.78 is 2.23. The van der Waals surface area contributed by atoms with Gasteiger partial charge >= 0.3 is 0 Å². The van der Waals surface area contributed by atoms with Crippen molar-refractivity contribution in [3.05, 3.63) is 18.2 Å². The standard InChI is InChI=1S/C10H15BrN2S/c11-5-10-7-13(8-12-10)6-9-1-3-14-4-2-9/h7-9H,1-6H2. The number of hydrogen-bond donors (Lipinski definition) is 0. The van der Waals surface area contributed by atoms with Gasteiger partial charge in [-0.25, -0.2) is 4.98 Å². The molecular formula is C10H15BrN2S. The molecular weight excluding hydrogens is 260 g/mol. The fourth-order valence-electron chi connectivity index (χ4n) is 1.80. The third-order valence-electron chi connectivity index (χ3n) is 2.63. The van der Waals surface area contributed by atoms with Crippen LogP contribution in [0.5, 0.6) is 0 Å². The van der Waals surface area contributed by atoms with E-state index in [4.69, 9.17) is 0 Å². The Bertz CT molecular complexity index is 281. The number of halogens is 1. The van der Waals surface area contributed by atoms with E-state index >= 15 is 0 Å². The Morgan fingerprint density at radius 3 is 2.93 bits per heavy atom. The molecule has 0 aromatic carbocycles. The Morgan fingerprint density at radius 2 is 2.29 bits per heavy atom. The lowest BCUT2D eigenvalue weighted by molar-refractivity contribution is 0.416. The van der Waals surface area contributed by atoms with Crippen molar-refractivity contribution >= 4 is 27.7 Å². The summed E-state index contributed by atoms with van der Waals surface area (Å²) in [5.41, 5.74) is 1.13. The number of aromatic nitrogens is 2. The fourth-order valence-corrected chi connectivity index (χ4v) is 3.30. The molecule has 4 heteroatoms. The molecule has 1 aliphatic heterocycles. The van der Waals surface area contributed by atoms with Crippen LogP contribution in [0.2, 0.25) is 0 Å². The second-order valence-electron chi connectivity index (χ2n) is 3.75. The minimum atomic E-state index is 0.862. The van der Waals surface area contributed by atoms with E-state index in [0.717, 1.165) is 23.5 Å². The lowest BCUT2D eigenvalue weighted by atomic mass is 10.0. The number of thioether (sulfide) groups is 1. The molecule has 0 N–H and O–H groups in total. The summed E-state index contributed by atoms with van der Waals surface area (Å²) in [5.74, 6) is 3.55. The fraction of sp³-hybridized carbons (Fsp3) is 0.700. The second-order valence-corrected chi connectivity index (χ2v) is 5.54. The van der Waals surface area contributed by atoms with Crippen LogP contribution >= 0.6 is 27.7 Å². The van der Waals surface area contributed by atoms with Crippen LogP contribution in [-0.4, -0.2) is 21.1 Å². The molecule has 2 rings (SSSR count). The first-order valence-corrected chi connectivity index (χ1v) is 7.30. The molecule has 2 heterocycles. The lowest BCUT2D eigenvalue weighted by Crippen LogP contribution is -2.15. The van der Waals surface area contributed by atoms with E-state index in [2.05, 4.69) is 43.4 Å². The number of imidazole rings is 1. The SMILES string of the molecule is BrCc1cn(CC2CCSCC2)cn1. The molecule has 0 bridgehead atoms. The van der Waals surface area contributed by atoms with Crippen LogP contribution in [0.1, 0.15) is 18.5 Å². The highest BCUT2D eigenvalue weighted by Gasteiger charge is 2.14. The summed E-state index contributed by atoms with van der Waals surface area (Å²) in [6.45, 7) is 1.15. The molecule has 0 saturated carbocycles. The van der Waals surface area contributed by atoms with Crippen LogP contribution < -0.4 is 0 Å². The maximum Gasteiger partial charge on any atom is 0.0949 e. The molecule has 2 nitrogen and oxygen atoms in total. The zero-order valence-electron chi connectivity index (χ0n) is 8.16. The summed E-state index contributed by atoms with van der Waals surface area (Å²) in [4.78, 5) is 4.31. The van der Waals surface area contributed by atoms with Gasteiger partial charge in [0.1, 0.15) is 0 Å². The van der Waals surface area contributed by atoms with E-state index < -0.39 is 0 Å². The first-order valence-electron chi connectivity index (χ1n) is 5.03. The molecule has 1 aliphatic rings. The molecule has 14 heavy (non-hydrogen) atoms. The van der Waals surface area contributed by atoms with Crippen LogP contribution in [0, 0.1) is 5.92 Å². The van der Waals surface area contributed by atoms with E-state index in [9.17, 15) is 0 Å². The second kappa shape index (κ2) is 5.21. The summed E-state index contributed by atoms with van der Waals surface area (Å²) >= 11 is 5.50. The molecule has 1 saturated heterocycles. The van der Waals surface area contributed by atoms with Gasteiger partial charge in [0, 0.05) is 18.1 Å². The number of rotatable bonds is 3. The van der Waals surface area contributed by atoms with Crippen molar-refractivity contribution in [2.45, 2.75) is 24.7 Å². The molecule has 0 unspecified atom stereocenters. The molecule has 0 aliphatic carbocycles. The third kappa shape index (κ3) is 2.76. The Labute approximate surface area is 97.6 Å². The first kappa shape index (κ1) is 10.6. The quantitative estimate of drug-likeness (QED) is 0.789. The van der Waals surface area contributed by atoms with Gasteiger partial charge in [0.25, 0.3) is 0 Å². The molecule has 0 spiro atoms. The average Bonchev–Trinajstić information content (AvgIpc) is 2.67. The van der Waals surface area contributed by atoms with Gasteiger partial charge in [-0.2, -0.15) is 11.8 Å². The summed E-state index contributed by atoms with van der Waals surface area (Å²) in [6, 6.07) is 0. The van der Waals surface area contributed by atoms with Gasteiger partial charge in [-0.3, -0.25) is 0 Å². The van der Waals surface area contributed by atoms with Crippen molar-refractivity contribution < 1.29 is 0 Å². The zero-order valence-corrected chi connectivity index (χ0v) is 10.6. The third-order valence-corrected chi connectivity index (χ3v) is 4.26. The van der Waals surface area contributed by atoms with Gasteiger partial charge < -0.3 is 4.57 Å². The van der Waals surface area contributed by atoms with E-state index in [0.29, 0.717) is 0 Å². The lowest BCUT2D eigenvalue weighted by Gasteiger charge is -2.21. The van der Waals surface area contributed by atoms with Crippen molar-refractivity contribution in [2.24, 2.45) is 5.92 Å². The first-order chi connectivity index (χ1) is 6.88. The smallest absolute Gasteiger partial charge is 0.0949 e. The van der Waals surface area contributed by atoms with Gasteiger partial charge in [-0.05, 0) is 30.3 Å². The average molecular weight is 275 g/mol. The molecule has 1 aromatic rings. The normalized spacial score (nSPS) is 18.6. The van der Waals surface area contributed by atoms with Crippen LogP contribution in [-0.2, 0) is 11.9 Å².